The van der Waals surface area contributed by atoms with Gasteiger partial charge in [-0.15, -0.1) is 0 Å². The predicted octanol–water partition coefficient (Wildman–Crippen LogP) is 2.37. The van der Waals surface area contributed by atoms with Gasteiger partial charge in [0.2, 0.25) is 5.91 Å². The molecule has 8 nitrogen and oxygen atoms in total. The lowest BCUT2D eigenvalue weighted by atomic mass is 10.1. The molecule has 154 valence electrons. The second-order valence-corrected chi connectivity index (χ2v) is 6.98. The van der Waals surface area contributed by atoms with Gasteiger partial charge in [0.05, 0.1) is 48.7 Å². The Labute approximate surface area is 171 Å². The van der Waals surface area contributed by atoms with Crippen molar-refractivity contribution in [3.63, 3.8) is 0 Å². The fourth-order valence-corrected chi connectivity index (χ4v) is 3.47. The molecule has 0 bridgehead atoms. The second kappa shape index (κ2) is 8.03. The predicted molar refractivity (Wildman–Crippen MR) is 109 cm³/mol. The topological polar surface area (TPSA) is 111 Å². The lowest BCUT2D eigenvalue weighted by molar-refractivity contribution is -0.117. The molecule has 0 spiro atoms. The van der Waals surface area contributed by atoms with Crippen LogP contribution < -0.4 is 5.73 Å². The molecule has 3 heterocycles. The Hall–Kier alpha value is -3.59. The van der Waals surface area contributed by atoms with Gasteiger partial charge in [-0.25, -0.2) is 18.9 Å². The number of amides is 1. The van der Waals surface area contributed by atoms with Crippen molar-refractivity contribution < 1.29 is 14.3 Å². The van der Waals surface area contributed by atoms with E-state index in [1.165, 1.54) is 12.1 Å². The number of carbonyl (C=O) groups is 1. The Morgan fingerprint density at radius 3 is 2.63 bits per heavy atom. The minimum absolute atomic E-state index is 0.00985. The number of aliphatic hydroxyl groups excluding tert-OH is 1. The number of nitrogens with two attached hydrogens (primary N) is 1. The van der Waals surface area contributed by atoms with Crippen molar-refractivity contribution in [1.29, 1.82) is 0 Å². The number of fused-ring (bicyclic) bond motifs is 1. The number of hydrogen-bond donors (Lipinski definition) is 2. The first-order valence-electron chi connectivity index (χ1n) is 9.57. The first kappa shape index (κ1) is 19.7. The molecule has 1 aromatic carbocycles. The van der Waals surface area contributed by atoms with E-state index in [1.54, 1.807) is 41.3 Å². The molecule has 3 N–H and O–H groups in total. The monoisotopic (exact) mass is 408 g/mol. The quantitative estimate of drug-likeness (QED) is 0.488. The zero-order valence-electron chi connectivity index (χ0n) is 16.4. The van der Waals surface area contributed by atoms with E-state index in [-0.39, 0.29) is 24.9 Å². The lowest BCUT2D eigenvalue weighted by Gasteiger charge is -2.17. The summed E-state index contributed by atoms with van der Waals surface area (Å²) in [6.07, 6.45) is 3.92. The molecule has 0 saturated heterocycles. The zero-order chi connectivity index (χ0) is 21.3. The van der Waals surface area contributed by atoms with Crippen molar-refractivity contribution in [3.8, 4) is 22.6 Å². The number of nitrogens with zero attached hydrogens (tertiary/aromatic N) is 5. The van der Waals surface area contributed by atoms with Gasteiger partial charge in [0.15, 0.2) is 5.65 Å². The number of carbonyl (C=O) groups excluding carboxylic acids is 1. The van der Waals surface area contributed by atoms with Crippen molar-refractivity contribution in [3.05, 3.63) is 60.4 Å². The van der Waals surface area contributed by atoms with E-state index < -0.39 is 5.91 Å². The molecule has 0 aliphatic heterocycles. The first-order chi connectivity index (χ1) is 14.5. The van der Waals surface area contributed by atoms with Gasteiger partial charge in [-0.1, -0.05) is 6.92 Å². The van der Waals surface area contributed by atoms with Gasteiger partial charge in [0, 0.05) is 5.56 Å². The highest BCUT2D eigenvalue weighted by atomic mass is 19.1. The third-order valence-corrected chi connectivity index (χ3v) is 5.02. The molecule has 0 unspecified atom stereocenters. The maximum Gasteiger partial charge on any atom is 0.223 e. The minimum atomic E-state index is -0.479. The largest absolute Gasteiger partial charge is 0.394 e. The Morgan fingerprint density at radius 2 is 1.97 bits per heavy atom. The Kier molecular flexibility index (Phi) is 5.28. The summed E-state index contributed by atoms with van der Waals surface area (Å²) >= 11 is 0. The van der Waals surface area contributed by atoms with Crippen LogP contribution in [0.25, 0.3) is 28.3 Å². The van der Waals surface area contributed by atoms with Crippen LogP contribution >= 0.6 is 0 Å². The number of halogens is 1. The molecule has 1 amide bonds. The molecule has 9 heteroatoms. The fraction of sp³-hybridized carbons (Fsp3) is 0.238. The summed E-state index contributed by atoms with van der Waals surface area (Å²) in [6.45, 7) is 1.91. The second-order valence-electron chi connectivity index (χ2n) is 6.98. The van der Waals surface area contributed by atoms with Gasteiger partial charge in [-0.05, 0) is 42.8 Å². The first-order valence-corrected chi connectivity index (χ1v) is 9.57. The standard InChI is InChI=1S/C21H21FN6O2/c1-2-15(11-29)27-12-25-20(13-3-5-14(22)6-4-13)21(27)17-7-8-19-24-10-16(9-18(23)30)28(19)26-17/h3-8,10,12,15,29H,2,9,11H2,1H3,(H2,23,30)/t15-/m0/s1. The number of rotatable bonds is 7. The Morgan fingerprint density at radius 1 is 1.20 bits per heavy atom. The van der Waals surface area contributed by atoms with E-state index in [9.17, 15) is 14.3 Å². The summed E-state index contributed by atoms with van der Waals surface area (Å²) in [5.74, 6) is -0.817. The van der Waals surface area contributed by atoms with Crippen molar-refractivity contribution >= 4 is 11.6 Å². The Balaban J connectivity index is 1.92. The average Bonchev–Trinajstić information content (AvgIpc) is 3.34. The van der Waals surface area contributed by atoms with Gasteiger partial charge < -0.3 is 15.4 Å². The number of aliphatic hydroxyl groups is 1. The fourth-order valence-electron chi connectivity index (χ4n) is 3.47. The maximum absolute atomic E-state index is 13.4. The van der Waals surface area contributed by atoms with E-state index in [0.29, 0.717) is 34.8 Å². The number of hydrogen-bond acceptors (Lipinski definition) is 5. The van der Waals surface area contributed by atoms with Gasteiger partial charge in [0.1, 0.15) is 11.5 Å². The van der Waals surface area contributed by atoms with Crippen LogP contribution in [-0.4, -0.2) is 41.8 Å². The van der Waals surface area contributed by atoms with E-state index in [0.717, 1.165) is 5.56 Å². The van der Waals surface area contributed by atoms with Gasteiger partial charge in [-0.3, -0.25) is 4.79 Å². The number of benzene rings is 1. The Bertz CT molecular complexity index is 1190. The summed E-state index contributed by atoms with van der Waals surface area (Å²) in [6, 6.07) is 9.45. The molecule has 4 rings (SSSR count). The molecule has 30 heavy (non-hydrogen) atoms. The molecule has 0 saturated carbocycles. The minimum Gasteiger partial charge on any atom is -0.394 e. The van der Waals surface area contributed by atoms with E-state index in [2.05, 4.69) is 15.1 Å². The average molecular weight is 408 g/mol. The van der Waals surface area contributed by atoms with Crippen LogP contribution in [0, 0.1) is 5.82 Å². The number of primary amides is 1. The van der Waals surface area contributed by atoms with Crippen molar-refractivity contribution in [2.24, 2.45) is 5.73 Å². The lowest BCUT2D eigenvalue weighted by Crippen LogP contribution is -2.16. The molecule has 1 atom stereocenters. The molecule has 0 fully saturated rings. The van der Waals surface area contributed by atoms with Gasteiger partial charge >= 0.3 is 0 Å². The zero-order valence-corrected chi connectivity index (χ0v) is 16.4. The maximum atomic E-state index is 13.4. The summed E-state index contributed by atoms with van der Waals surface area (Å²) in [7, 11) is 0. The number of imidazole rings is 2. The third kappa shape index (κ3) is 3.55. The normalized spacial score (nSPS) is 12.4. The summed E-state index contributed by atoms with van der Waals surface area (Å²) in [5.41, 5.74) is 9.10. The van der Waals surface area contributed by atoms with Crippen molar-refractivity contribution in [2.75, 3.05) is 6.61 Å². The highest BCUT2D eigenvalue weighted by Gasteiger charge is 2.21. The molecular formula is C21H21FN6O2. The smallest absolute Gasteiger partial charge is 0.223 e. The van der Waals surface area contributed by atoms with Crippen LogP contribution in [0.15, 0.2) is 48.9 Å². The molecule has 3 aromatic heterocycles. The summed E-state index contributed by atoms with van der Waals surface area (Å²) < 4.78 is 16.9. The van der Waals surface area contributed by atoms with Crippen LogP contribution in [0.2, 0.25) is 0 Å². The van der Waals surface area contributed by atoms with Crippen LogP contribution in [0.5, 0.6) is 0 Å². The number of aromatic nitrogens is 5. The summed E-state index contributed by atoms with van der Waals surface area (Å²) in [4.78, 5) is 20.2. The highest BCUT2D eigenvalue weighted by molar-refractivity contribution is 5.78. The van der Waals surface area contributed by atoms with Crippen LogP contribution in [0.1, 0.15) is 25.1 Å². The third-order valence-electron chi connectivity index (χ3n) is 5.02. The van der Waals surface area contributed by atoms with Crippen LogP contribution in [-0.2, 0) is 11.2 Å². The molecule has 0 aliphatic rings. The van der Waals surface area contributed by atoms with E-state index in [4.69, 9.17) is 5.73 Å². The van der Waals surface area contributed by atoms with E-state index in [1.807, 2.05) is 11.5 Å². The highest BCUT2D eigenvalue weighted by Crippen LogP contribution is 2.33. The molecular weight excluding hydrogens is 387 g/mol. The van der Waals surface area contributed by atoms with Crippen LogP contribution in [0.3, 0.4) is 0 Å². The molecule has 0 aliphatic carbocycles. The summed E-state index contributed by atoms with van der Waals surface area (Å²) in [5, 5.41) is 14.5. The molecule has 0 radical (unpaired) electrons. The van der Waals surface area contributed by atoms with Crippen molar-refractivity contribution in [2.45, 2.75) is 25.8 Å². The van der Waals surface area contributed by atoms with Gasteiger partial charge in [0.25, 0.3) is 0 Å². The molecule has 4 aromatic rings. The van der Waals surface area contributed by atoms with Crippen molar-refractivity contribution in [1.82, 2.24) is 24.1 Å². The van der Waals surface area contributed by atoms with Gasteiger partial charge in [-0.2, -0.15) is 5.10 Å². The van der Waals surface area contributed by atoms with E-state index >= 15 is 0 Å². The van der Waals surface area contributed by atoms with Crippen LogP contribution in [0.4, 0.5) is 4.39 Å². The SMILES string of the molecule is CC[C@@H](CO)n1cnc(-c2ccc(F)cc2)c1-c1ccc2ncc(CC(N)=O)n2n1.